The normalized spacial score (nSPS) is 15.3. The molecule has 3 heterocycles. The molecule has 0 saturated carbocycles. The van der Waals surface area contributed by atoms with Gasteiger partial charge >= 0.3 is 12.4 Å². The van der Waals surface area contributed by atoms with Crippen LogP contribution in [0.25, 0.3) is 10.9 Å². The molecule has 1 aliphatic rings. The maximum absolute atomic E-state index is 13.3. The van der Waals surface area contributed by atoms with Crippen molar-refractivity contribution in [1.29, 1.82) is 0 Å². The first kappa shape index (κ1) is 30.0. The minimum Gasteiger partial charge on any atom is -0.374 e. The maximum Gasteiger partial charge on any atom is 0.416 e. The molecule has 1 atom stereocenters. The molecule has 1 saturated heterocycles. The lowest BCUT2D eigenvalue weighted by Gasteiger charge is -2.34. The molecule has 0 radical (unpaired) electrons. The first-order valence-electron chi connectivity index (χ1n) is 13.7. The number of halogens is 7. The topological polar surface area (TPSA) is 54.2 Å². The van der Waals surface area contributed by atoms with Crippen molar-refractivity contribution in [1.82, 2.24) is 14.5 Å². The molecular weight excluding hydrogens is 606 g/mol. The first-order chi connectivity index (χ1) is 20.8. The van der Waals surface area contributed by atoms with Crippen LogP contribution >= 0.6 is 11.6 Å². The molecule has 1 N–H and O–H groups in total. The zero-order valence-electron chi connectivity index (χ0n) is 23.2. The zero-order chi connectivity index (χ0) is 31.4. The summed E-state index contributed by atoms with van der Waals surface area (Å²) in [6, 6.07) is 14.1. The standard InChI is InChI=1S/C32H25ClF6N4O/c1-42-18-40-17-27(42)30(44,20-7-9-22(10-8-20)32(37,38)39)23-11-12-26-24(16-23)28(33)25(29(41-26)43-13-2-14-43)15-19-3-5-21(6-4-19)31(34,35)36/h3-12,16-18,44H,2,13-15H2,1H3. The predicted molar refractivity (Wildman–Crippen MR) is 155 cm³/mol. The Morgan fingerprint density at radius 3 is 1.91 bits per heavy atom. The lowest BCUT2D eigenvalue weighted by molar-refractivity contribution is -0.138. The third kappa shape index (κ3) is 5.28. The minimum absolute atomic E-state index is 0.180. The lowest BCUT2D eigenvalue weighted by Crippen LogP contribution is -2.38. The van der Waals surface area contributed by atoms with Gasteiger partial charge in [0.15, 0.2) is 5.60 Å². The van der Waals surface area contributed by atoms with Gasteiger partial charge in [-0.3, -0.25) is 0 Å². The molecular formula is C32H25ClF6N4O. The average molecular weight is 631 g/mol. The summed E-state index contributed by atoms with van der Waals surface area (Å²) in [6.45, 7) is 1.50. The summed E-state index contributed by atoms with van der Waals surface area (Å²) >= 11 is 7.05. The third-order valence-electron chi connectivity index (χ3n) is 8.05. The Bertz CT molecular complexity index is 1830. The van der Waals surface area contributed by atoms with Crippen LogP contribution in [0.4, 0.5) is 32.2 Å². The van der Waals surface area contributed by atoms with Gasteiger partial charge in [-0.1, -0.05) is 41.9 Å². The highest BCUT2D eigenvalue weighted by Gasteiger charge is 2.38. The van der Waals surface area contributed by atoms with Gasteiger partial charge < -0.3 is 14.6 Å². The summed E-state index contributed by atoms with van der Waals surface area (Å²) in [5.74, 6) is 0.631. The number of anilines is 1. The molecule has 1 aliphatic heterocycles. The van der Waals surface area contributed by atoms with Crippen LogP contribution in [-0.2, 0) is 31.4 Å². The van der Waals surface area contributed by atoms with E-state index in [2.05, 4.69) is 4.98 Å². The molecule has 0 bridgehead atoms. The fourth-order valence-electron chi connectivity index (χ4n) is 5.51. The van der Waals surface area contributed by atoms with E-state index in [0.29, 0.717) is 44.1 Å². The third-order valence-corrected chi connectivity index (χ3v) is 8.48. The van der Waals surface area contributed by atoms with Gasteiger partial charge in [0.05, 0.1) is 39.9 Å². The quantitative estimate of drug-likeness (QED) is 0.195. The van der Waals surface area contributed by atoms with Crippen molar-refractivity contribution in [2.75, 3.05) is 18.0 Å². The second-order valence-corrected chi connectivity index (χ2v) is 11.2. The van der Waals surface area contributed by atoms with E-state index in [-0.39, 0.29) is 12.0 Å². The summed E-state index contributed by atoms with van der Waals surface area (Å²) in [5, 5.41) is 13.1. The summed E-state index contributed by atoms with van der Waals surface area (Å²) < 4.78 is 81.0. The Kier molecular flexibility index (Phi) is 7.36. The molecule has 12 heteroatoms. The molecule has 0 spiro atoms. The monoisotopic (exact) mass is 630 g/mol. The Balaban J connectivity index is 1.50. The van der Waals surface area contributed by atoms with Crippen molar-refractivity contribution < 1.29 is 31.4 Å². The van der Waals surface area contributed by atoms with Crippen LogP contribution in [-0.4, -0.2) is 32.7 Å². The van der Waals surface area contributed by atoms with E-state index in [1.807, 2.05) is 4.90 Å². The first-order valence-corrected chi connectivity index (χ1v) is 14.0. The number of pyridine rings is 1. The summed E-state index contributed by atoms with van der Waals surface area (Å²) in [4.78, 5) is 11.0. The highest BCUT2D eigenvalue weighted by molar-refractivity contribution is 6.36. The number of aromatic nitrogens is 3. The molecule has 6 rings (SSSR count). The average Bonchev–Trinajstić information content (AvgIpc) is 3.39. The van der Waals surface area contributed by atoms with Gasteiger partial charge in [-0.25, -0.2) is 9.97 Å². The van der Waals surface area contributed by atoms with Crippen LogP contribution in [0.1, 0.15) is 45.5 Å². The van der Waals surface area contributed by atoms with Gasteiger partial charge in [-0.15, -0.1) is 0 Å². The number of hydrogen-bond donors (Lipinski definition) is 1. The van der Waals surface area contributed by atoms with Gasteiger partial charge in [-0.05, 0) is 59.5 Å². The number of benzene rings is 3. The fraction of sp³-hybridized carbons (Fsp3) is 0.250. The number of alkyl halides is 6. The van der Waals surface area contributed by atoms with Gasteiger partial charge in [0.1, 0.15) is 5.82 Å². The Morgan fingerprint density at radius 2 is 1.39 bits per heavy atom. The van der Waals surface area contributed by atoms with Crippen LogP contribution in [0.3, 0.4) is 0 Å². The number of fused-ring (bicyclic) bond motifs is 1. The number of aliphatic hydroxyl groups is 1. The van der Waals surface area contributed by atoms with Crippen molar-refractivity contribution in [3.63, 3.8) is 0 Å². The van der Waals surface area contributed by atoms with E-state index in [4.69, 9.17) is 16.6 Å². The SMILES string of the molecule is Cn1cncc1C(O)(c1ccc(C(F)(F)F)cc1)c1ccc2nc(N3CCC3)c(Cc3ccc(C(F)(F)F)cc3)c(Cl)c2c1. The molecule has 5 aromatic rings. The molecule has 228 valence electrons. The number of rotatable bonds is 6. The molecule has 1 unspecified atom stereocenters. The number of imidazole rings is 1. The number of nitrogens with zero attached hydrogens (tertiary/aromatic N) is 4. The molecule has 3 aromatic carbocycles. The maximum atomic E-state index is 13.3. The zero-order valence-corrected chi connectivity index (χ0v) is 24.0. The van der Waals surface area contributed by atoms with Crippen LogP contribution in [0.2, 0.25) is 5.02 Å². The van der Waals surface area contributed by atoms with Gasteiger partial charge in [0.25, 0.3) is 0 Å². The largest absolute Gasteiger partial charge is 0.416 e. The van der Waals surface area contributed by atoms with Crippen molar-refractivity contribution in [3.8, 4) is 0 Å². The van der Waals surface area contributed by atoms with Crippen LogP contribution in [0.15, 0.2) is 79.3 Å². The van der Waals surface area contributed by atoms with Crippen LogP contribution in [0, 0.1) is 0 Å². The van der Waals surface area contributed by atoms with E-state index in [0.717, 1.165) is 43.8 Å². The molecule has 0 amide bonds. The van der Waals surface area contributed by atoms with Crippen molar-refractivity contribution in [3.05, 3.63) is 123 Å². The van der Waals surface area contributed by atoms with Crippen LogP contribution in [0.5, 0.6) is 0 Å². The smallest absolute Gasteiger partial charge is 0.374 e. The van der Waals surface area contributed by atoms with E-state index in [9.17, 15) is 31.4 Å². The van der Waals surface area contributed by atoms with E-state index in [1.165, 1.54) is 36.8 Å². The molecule has 44 heavy (non-hydrogen) atoms. The fourth-order valence-corrected chi connectivity index (χ4v) is 5.81. The van der Waals surface area contributed by atoms with Crippen molar-refractivity contribution >= 4 is 28.3 Å². The van der Waals surface area contributed by atoms with Gasteiger partial charge in [0, 0.05) is 37.5 Å². The van der Waals surface area contributed by atoms with Crippen molar-refractivity contribution in [2.24, 2.45) is 7.05 Å². The van der Waals surface area contributed by atoms with Crippen LogP contribution < -0.4 is 4.90 Å². The number of aryl methyl sites for hydroxylation is 1. The van der Waals surface area contributed by atoms with E-state index in [1.54, 1.807) is 29.8 Å². The highest BCUT2D eigenvalue weighted by atomic mass is 35.5. The second kappa shape index (κ2) is 10.8. The minimum atomic E-state index is -4.55. The van der Waals surface area contributed by atoms with E-state index >= 15 is 0 Å². The second-order valence-electron chi connectivity index (χ2n) is 10.8. The lowest BCUT2D eigenvalue weighted by atomic mass is 9.82. The molecule has 1 fully saturated rings. The Morgan fingerprint density at radius 1 is 0.818 bits per heavy atom. The Labute approximate surface area is 253 Å². The number of hydrogen-bond acceptors (Lipinski definition) is 4. The van der Waals surface area contributed by atoms with Crippen molar-refractivity contribution in [2.45, 2.75) is 30.8 Å². The highest BCUT2D eigenvalue weighted by Crippen LogP contribution is 2.42. The molecule has 0 aliphatic carbocycles. The van der Waals surface area contributed by atoms with E-state index < -0.39 is 29.1 Å². The Hall–Kier alpha value is -4.09. The van der Waals surface area contributed by atoms with Gasteiger partial charge in [0.2, 0.25) is 0 Å². The summed E-state index contributed by atoms with van der Waals surface area (Å²) in [5.41, 5.74) is -0.977. The molecule has 2 aromatic heterocycles. The molecule has 5 nitrogen and oxygen atoms in total. The summed E-state index contributed by atoms with van der Waals surface area (Å²) in [6.07, 6.45) is -4.94. The summed E-state index contributed by atoms with van der Waals surface area (Å²) in [7, 11) is 1.66. The predicted octanol–water partition coefficient (Wildman–Crippen LogP) is 7.74. The van der Waals surface area contributed by atoms with Gasteiger partial charge in [-0.2, -0.15) is 26.3 Å².